The van der Waals surface area contributed by atoms with Gasteiger partial charge >= 0.3 is 0 Å². The molecule has 6 nitrogen and oxygen atoms in total. The Bertz CT molecular complexity index is 1350. The topological polar surface area (TPSA) is 69.0 Å². The van der Waals surface area contributed by atoms with E-state index in [1.165, 1.54) is 17.3 Å². The molecule has 0 spiro atoms. The highest BCUT2D eigenvalue weighted by Crippen LogP contribution is 2.28. The van der Waals surface area contributed by atoms with E-state index in [4.69, 9.17) is 4.74 Å². The Kier molecular flexibility index (Phi) is 7.79. The Morgan fingerprint density at radius 2 is 1.81 bits per heavy atom. The molecule has 0 aliphatic rings. The number of carbonyl (C=O) groups is 1. The SMILES string of the molecule is C=CCn1c(SCC(=O)Nc2cccc3ccccc23)nnc1C(C)Oc1ccc(C(C)(C)C)cc1. The second kappa shape index (κ2) is 11.0. The number of aromatic nitrogens is 3. The molecule has 1 amide bonds. The Morgan fingerprint density at radius 1 is 1.08 bits per heavy atom. The van der Waals surface area contributed by atoms with Crippen molar-refractivity contribution in [3.05, 3.63) is 90.8 Å². The standard InChI is InChI=1S/C29H32N4O2S/c1-6-18-33-27(20(2)35-23-16-14-22(15-17-23)29(3,4)5)31-32-28(33)36-19-26(34)30-25-13-9-11-21-10-7-8-12-24(21)25/h6-17,20H,1,18-19H2,2-5H3,(H,30,34). The molecule has 4 aromatic rings. The molecular weight excluding hydrogens is 468 g/mol. The second-order valence-corrected chi connectivity index (χ2v) is 10.6. The first-order chi connectivity index (χ1) is 17.3. The number of hydrogen-bond acceptors (Lipinski definition) is 5. The number of anilines is 1. The maximum atomic E-state index is 12.7. The molecule has 1 unspecified atom stereocenters. The summed E-state index contributed by atoms with van der Waals surface area (Å²) < 4.78 is 8.11. The molecule has 7 heteroatoms. The van der Waals surface area contributed by atoms with Crippen molar-refractivity contribution in [1.29, 1.82) is 0 Å². The molecule has 1 aromatic heterocycles. The Balaban J connectivity index is 1.43. The summed E-state index contributed by atoms with van der Waals surface area (Å²) in [4.78, 5) is 12.7. The van der Waals surface area contributed by atoms with Crippen molar-refractivity contribution >= 4 is 34.1 Å². The number of thioether (sulfide) groups is 1. The molecule has 0 aliphatic heterocycles. The quantitative estimate of drug-likeness (QED) is 0.202. The van der Waals surface area contributed by atoms with E-state index in [-0.39, 0.29) is 23.2 Å². The number of ether oxygens (including phenoxy) is 1. The zero-order chi connectivity index (χ0) is 25.7. The fourth-order valence-corrected chi connectivity index (χ4v) is 4.70. The zero-order valence-electron chi connectivity index (χ0n) is 21.2. The number of benzene rings is 3. The monoisotopic (exact) mass is 500 g/mol. The number of nitrogens with one attached hydrogen (secondary N) is 1. The van der Waals surface area contributed by atoms with Crippen LogP contribution in [0.2, 0.25) is 0 Å². The number of hydrogen-bond donors (Lipinski definition) is 1. The highest BCUT2D eigenvalue weighted by atomic mass is 32.2. The molecule has 0 saturated carbocycles. The Labute approximate surface area is 216 Å². The van der Waals surface area contributed by atoms with Gasteiger partial charge in [0, 0.05) is 17.6 Å². The third-order valence-corrected chi connectivity index (χ3v) is 6.82. The van der Waals surface area contributed by atoms with Gasteiger partial charge in [0.1, 0.15) is 5.75 Å². The van der Waals surface area contributed by atoms with E-state index in [0.29, 0.717) is 17.5 Å². The first-order valence-electron chi connectivity index (χ1n) is 12.0. The lowest BCUT2D eigenvalue weighted by molar-refractivity contribution is -0.113. The maximum Gasteiger partial charge on any atom is 0.234 e. The van der Waals surface area contributed by atoms with Crippen LogP contribution in [-0.4, -0.2) is 26.4 Å². The smallest absolute Gasteiger partial charge is 0.234 e. The van der Waals surface area contributed by atoms with Crippen molar-refractivity contribution in [2.45, 2.75) is 50.9 Å². The number of fused-ring (bicyclic) bond motifs is 1. The van der Waals surface area contributed by atoms with Crippen molar-refractivity contribution in [3.63, 3.8) is 0 Å². The number of rotatable bonds is 9. The summed E-state index contributed by atoms with van der Waals surface area (Å²) in [7, 11) is 0. The van der Waals surface area contributed by atoms with E-state index in [1.807, 2.05) is 66.1 Å². The predicted molar refractivity (Wildman–Crippen MR) is 148 cm³/mol. The van der Waals surface area contributed by atoms with Gasteiger partial charge in [-0.15, -0.1) is 16.8 Å². The number of amides is 1. The number of carbonyl (C=O) groups excluding carboxylic acids is 1. The van der Waals surface area contributed by atoms with E-state index < -0.39 is 0 Å². The van der Waals surface area contributed by atoms with Gasteiger partial charge in [0.25, 0.3) is 0 Å². The third-order valence-electron chi connectivity index (χ3n) is 5.85. The molecule has 0 fully saturated rings. The number of nitrogens with zero attached hydrogens (tertiary/aromatic N) is 3. The van der Waals surface area contributed by atoms with Crippen molar-refractivity contribution in [2.24, 2.45) is 0 Å². The summed E-state index contributed by atoms with van der Waals surface area (Å²) in [6.07, 6.45) is 1.47. The van der Waals surface area contributed by atoms with E-state index in [9.17, 15) is 4.79 Å². The lowest BCUT2D eigenvalue weighted by Crippen LogP contribution is -2.16. The Morgan fingerprint density at radius 3 is 2.53 bits per heavy atom. The van der Waals surface area contributed by atoms with E-state index >= 15 is 0 Å². The third kappa shape index (κ3) is 5.97. The minimum atomic E-state index is -0.322. The highest BCUT2D eigenvalue weighted by molar-refractivity contribution is 7.99. The van der Waals surface area contributed by atoms with Crippen LogP contribution >= 0.6 is 11.8 Å². The summed E-state index contributed by atoms with van der Waals surface area (Å²) in [5.74, 6) is 1.57. The summed E-state index contributed by atoms with van der Waals surface area (Å²) in [5, 5.41) is 14.5. The van der Waals surface area contributed by atoms with Crippen LogP contribution in [-0.2, 0) is 16.8 Å². The number of allylic oxidation sites excluding steroid dienone is 1. The fraction of sp³-hybridized carbons (Fsp3) is 0.276. The van der Waals surface area contributed by atoms with Gasteiger partial charge in [-0.1, -0.05) is 87.1 Å². The molecule has 0 aliphatic carbocycles. The molecular formula is C29H32N4O2S. The van der Waals surface area contributed by atoms with Gasteiger partial charge in [0.05, 0.1) is 5.75 Å². The molecule has 36 heavy (non-hydrogen) atoms. The molecule has 3 aromatic carbocycles. The van der Waals surface area contributed by atoms with Gasteiger partial charge in [0.15, 0.2) is 17.1 Å². The molecule has 186 valence electrons. The molecule has 1 N–H and O–H groups in total. The minimum absolute atomic E-state index is 0.0836. The van der Waals surface area contributed by atoms with Crippen LogP contribution in [0.4, 0.5) is 5.69 Å². The van der Waals surface area contributed by atoms with Crippen LogP contribution in [0.25, 0.3) is 10.8 Å². The largest absolute Gasteiger partial charge is 0.483 e. The average molecular weight is 501 g/mol. The maximum absolute atomic E-state index is 12.7. The van der Waals surface area contributed by atoms with Crippen LogP contribution in [0.3, 0.4) is 0 Å². The summed E-state index contributed by atoms with van der Waals surface area (Å²) >= 11 is 1.34. The van der Waals surface area contributed by atoms with Crippen LogP contribution in [0, 0.1) is 0 Å². The van der Waals surface area contributed by atoms with Crippen LogP contribution in [0.5, 0.6) is 5.75 Å². The Hall–Kier alpha value is -3.58. The molecule has 0 saturated heterocycles. The van der Waals surface area contributed by atoms with Crippen molar-refractivity contribution in [2.75, 3.05) is 11.1 Å². The van der Waals surface area contributed by atoms with Crippen LogP contribution in [0.15, 0.2) is 84.5 Å². The molecule has 0 bridgehead atoms. The van der Waals surface area contributed by atoms with Gasteiger partial charge in [0.2, 0.25) is 5.91 Å². The summed E-state index contributed by atoms with van der Waals surface area (Å²) in [5.41, 5.74) is 2.13. The first kappa shape index (κ1) is 25.5. The lowest BCUT2D eigenvalue weighted by Gasteiger charge is -2.20. The van der Waals surface area contributed by atoms with Gasteiger partial charge < -0.3 is 10.1 Å². The highest BCUT2D eigenvalue weighted by Gasteiger charge is 2.20. The van der Waals surface area contributed by atoms with Gasteiger partial charge in [-0.2, -0.15) is 0 Å². The van der Waals surface area contributed by atoms with Crippen molar-refractivity contribution in [3.8, 4) is 5.75 Å². The van der Waals surface area contributed by atoms with Crippen LogP contribution < -0.4 is 10.1 Å². The van der Waals surface area contributed by atoms with Crippen LogP contribution in [0.1, 0.15) is 45.2 Å². The van der Waals surface area contributed by atoms with Gasteiger partial charge in [-0.05, 0) is 41.5 Å². The minimum Gasteiger partial charge on any atom is -0.483 e. The second-order valence-electron chi connectivity index (χ2n) is 9.64. The molecule has 1 heterocycles. The van der Waals surface area contributed by atoms with E-state index in [1.54, 1.807) is 6.08 Å². The molecule has 0 radical (unpaired) electrons. The fourth-order valence-electron chi connectivity index (χ4n) is 3.95. The van der Waals surface area contributed by atoms with Crippen molar-refractivity contribution < 1.29 is 9.53 Å². The molecule has 1 atom stereocenters. The first-order valence-corrected chi connectivity index (χ1v) is 13.0. The average Bonchev–Trinajstić information content (AvgIpc) is 3.26. The van der Waals surface area contributed by atoms with Crippen molar-refractivity contribution in [1.82, 2.24) is 14.8 Å². The lowest BCUT2D eigenvalue weighted by atomic mass is 9.87. The van der Waals surface area contributed by atoms with E-state index in [2.05, 4.69) is 55.0 Å². The zero-order valence-corrected chi connectivity index (χ0v) is 22.0. The van der Waals surface area contributed by atoms with Gasteiger partial charge in [-0.3, -0.25) is 9.36 Å². The van der Waals surface area contributed by atoms with E-state index in [0.717, 1.165) is 22.2 Å². The summed E-state index contributed by atoms with van der Waals surface area (Å²) in [6.45, 7) is 12.9. The summed E-state index contributed by atoms with van der Waals surface area (Å²) in [6, 6.07) is 22.0. The predicted octanol–water partition coefficient (Wildman–Crippen LogP) is 6.79. The van der Waals surface area contributed by atoms with Gasteiger partial charge in [-0.25, -0.2) is 0 Å². The molecule has 4 rings (SSSR count). The normalized spacial score (nSPS) is 12.3.